The van der Waals surface area contributed by atoms with Crippen LogP contribution in [0.15, 0.2) is 54.2 Å². The predicted molar refractivity (Wildman–Crippen MR) is 143 cm³/mol. The lowest BCUT2D eigenvalue weighted by molar-refractivity contribution is 0.0526. The largest absolute Gasteiger partial charge is 0.462 e. The maximum Gasteiger partial charge on any atom is 0.338 e. The summed E-state index contributed by atoms with van der Waals surface area (Å²) in [6.07, 6.45) is 1.55. The maximum absolute atomic E-state index is 12.1. The summed E-state index contributed by atoms with van der Waals surface area (Å²) in [5.74, 6) is 6.84. The van der Waals surface area contributed by atoms with Gasteiger partial charge in [0.15, 0.2) is 5.82 Å². The molecule has 7 nitrogen and oxygen atoms in total. The van der Waals surface area contributed by atoms with Gasteiger partial charge in [-0.1, -0.05) is 17.9 Å². The van der Waals surface area contributed by atoms with Gasteiger partial charge in [-0.25, -0.2) is 14.8 Å². The summed E-state index contributed by atoms with van der Waals surface area (Å²) in [6, 6.07) is 13.8. The molecule has 1 fully saturated rings. The van der Waals surface area contributed by atoms with Crippen LogP contribution >= 0.6 is 11.3 Å². The van der Waals surface area contributed by atoms with Gasteiger partial charge in [0.2, 0.25) is 0 Å². The summed E-state index contributed by atoms with van der Waals surface area (Å²) in [4.78, 5) is 23.4. The van der Waals surface area contributed by atoms with E-state index in [1.807, 2.05) is 18.4 Å². The average Bonchev–Trinajstić information content (AvgIpc) is 3.33. The molecule has 3 heterocycles. The zero-order valence-electron chi connectivity index (χ0n) is 20.2. The van der Waals surface area contributed by atoms with Gasteiger partial charge in [0.1, 0.15) is 11.8 Å². The Morgan fingerprint density at radius 1 is 1.11 bits per heavy atom. The fourth-order valence-corrected chi connectivity index (χ4v) is 4.87. The third-order valence-corrected chi connectivity index (χ3v) is 6.92. The molecule has 0 saturated carbocycles. The van der Waals surface area contributed by atoms with Crippen LogP contribution < -0.4 is 10.2 Å². The van der Waals surface area contributed by atoms with E-state index >= 15 is 0 Å². The Bertz CT molecular complexity index is 1450. The van der Waals surface area contributed by atoms with Crippen molar-refractivity contribution in [3.8, 4) is 11.8 Å². The van der Waals surface area contributed by atoms with Crippen molar-refractivity contribution in [2.24, 2.45) is 0 Å². The standard InChI is InChI=1S/C28H26N4O3S/c1-3-35-28(33)21-5-4-19(2)20(16-21)6-7-22-17-36-26-25(22)29-18-30-27(26)31-23-8-10-24(11-9-23)32-12-14-34-15-13-32/h4-5,8-11,16-18H,3,12-15H2,1-2H3,(H,29,30,31). The second-order valence-corrected chi connectivity index (χ2v) is 9.20. The molecule has 182 valence electrons. The molecule has 1 aliphatic heterocycles. The van der Waals surface area contributed by atoms with Crippen molar-refractivity contribution in [1.29, 1.82) is 0 Å². The minimum Gasteiger partial charge on any atom is -0.462 e. The van der Waals surface area contributed by atoms with Crippen LogP contribution in [0.1, 0.15) is 34.0 Å². The van der Waals surface area contributed by atoms with Crippen molar-refractivity contribution < 1.29 is 14.3 Å². The monoisotopic (exact) mass is 498 g/mol. The molecule has 0 aliphatic carbocycles. The van der Waals surface area contributed by atoms with Crippen molar-refractivity contribution in [3.05, 3.63) is 76.4 Å². The molecule has 36 heavy (non-hydrogen) atoms. The van der Waals surface area contributed by atoms with Crippen molar-refractivity contribution in [1.82, 2.24) is 9.97 Å². The normalized spacial score (nSPS) is 13.2. The predicted octanol–water partition coefficient (Wildman–Crippen LogP) is 5.16. The number of nitrogens with one attached hydrogen (secondary N) is 1. The van der Waals surface area contributed by atoms with E-state index in [4.69, 9.17) is 9.47 Å². The summed E-state index contributed by atoms with van der Waals surface area (Å²) in [5, 5.41) is 5.41. The lowest BCUT2D eigenvalue weighted by Gasteiger charge is -2.28. The van der Waals surface area contributed by atoms with Crippen LogP contribution in [0.3, 0.4) is 0 Å². The van der Waals surface area contributed by atoms with Gasteiger partial charge < -0.3 is 19.7 Å². The Hall–Kier alpha value is -3.93. The number of carbonyl (C=O) groups excluding carboxylic acids is 1. The number of hydrogen-bond acceptors (Lipinski definition) is 8. The molecule has 1 aliphatic rings. The first kappa shape index (κ1) is 23.8. The molecule has 0 atom stereocenters. The second kappa shape index (κ2) is 10.8. The molecule has 2 aromatic heterocycles. The van der Waals surface area contributed by atoms with E-state index in [1.54, 1.807) is 36.7 Å². The molecule has 0 radical (unpaired) electrons. The lowest BCUT2D eigenvalue weighted by atomic mass is 10.0. The van der Waals surface area contributed by atoms with Crippen molar-refractivity contribution in [3.63, 3.8) is 0 Å². The van der Waals surface area contributed by atoms with E-state index in [0.29, 0.717) is 12.2 Å². The van der Waals surface area contributed by atoms with E-state index in [-0.39, 0.29) is 5.97 Å². The van der Waals surface area contributed by atoms with Crippen LogP contribution in [-0.2, 0) is 9.47 Å². The van der Waals surface area contributed by atoms with Gasteiger partial charge in [-0.15, -0.1) is 11.3 Å². The quantitative estimate of drug-likeness (QED) is 0.301. The molecule has 5 rings (SSSR count). The van der Waals surface area contributed by atoms with E-state index in [0.717, 1.165) is 64.7 Å². The number of aromatic nitrogens is 2. The second-order valence-electron chi connectivity index (χ2n) is 8.32. The van der Waals surface area contributed by atoms with Crippen LogP contribution in [0, 0.1) is 18.8 Å². The number of hydrogen-bond donors (Lipinski definition) is 1. The SMILES string of the molecule is CCOC(=O)c1ccc(C)c(C#Cc2csc3c(Nc4ccc(N5CCOCC5)cc4)ncnc23)c1. The number of rotatable bonds is 5. The minimum absolute atomic E-state index is 0.336. The Morgan fingerprint density at radius 3 is 2.67 bits per heavy atom. The number of ether oxygens (including phenoxy) is 2. The first-order valence-electron chi connectivity index (χ1n) is 11.8. The smallest absolute Gasteiger partial charge is 0.338 e. The number of nitrogens with zero attached hydrogens (tertiary/aromatic N) is 3. The minimum atomic E-state index is -0.344. The molecular formula is C28H26N4O3S. The average molecular weight is 499 g/mol. The Morgan fingerprint density at radius 2 is 1.89 bits per heavy atom. The number of carbonyl (C=O) groups is 1. The molecule has 4 aromatic rings. The van der Waals surface area contributed by atoms with Crippen LogP contribution in [0.2, 0.25) is 0 Å². The highest BCUT2D eigenvalue weighted by Crippen LogP contribution is 2.31. The third-order valence-electron chi connectivity index (χ3n) is 5.94. The molecule has 0 amide bonds. The van der Waals surface area contributed by atoms with Crippen molar-refractivity contribution >= 4 is 44.7 Å². The van der Waals surface area contributed by atoms with Crippen molar-refractivity contribution in [2.45, 2.75) is 13.8 Å². The highest BCUT2D eigenvalue weighted by molar-refractivity contribution is 7.18. The van der Waals surface area contributed by atoms with E-state index < -0.39 is 0 Å². The maximum atomic E-state index is 12.1. The number of thiophene rings is 1. The zero-order valence-corrected chi connectivity index (χ0v) is 21.0. The first-order chi connectivity index (χ1) is 17.6. The molecular weight excluding hydrogens is 472 g/mol. The number of aryl methyl sites for hydroxylation is 1. The Balaban J connectivity index is 1.37. The number of anilines is 3. The topological polar surface area (TPSA) is 76.6 Å². The molecule has 0 bridgehead atoms. The highest BCUT2D eigenvalue weighted by Gasteiger charge is 2.13. The van der Waals surface area contributed by atoms with Gasteiger partial charge in [0, 0.05) is 35.4 Å². The Kier molecular flexibility index (Phi) is 7.12. The molecule has 2 aromatic carbocycles. The summed E-state index contributed by atoms with van der Waals surface area (Å²) >= 11 is 1.55. The molecule has 0 unspecified atom stereocenters. The number of fused-ring (bicyclic) bond motifs is 1. The number of esters is 1. The van der Waals surface area contributed by atoms with Gasteiger partial charge in [-0.3, -0.25) is 0 Å². The van der Waals surface area contributed by atoms with Gasteiger partial charge in [0.25, 0.3) is 0 Å². The summed E-state index contributed by atoms with van der Waals surface area (Å²) in [7, 11) is 0. The van der Waals surface area contributed by atoms with E-state index in [1.165, 1.54) is 5.69 Å². The van der Waals surface area contributed by atoms with Crippen LogP contribution in [-0.4, -0.2) is 48.8 Å². The summed E-state index contributed by atoms with van der Waals surface area (Å²) < 4.78 is 11.5. The fraction of sp³-hybridized carbons (Fsp3) is 0.250. The van der Waals surface area contributed by atoms with Gasteiger partial charge in [0.05, 0.1) is 35.6 Å². The lowest BCUT2D eigenvalue weighted by Crippen LogP contribution is -2.36. The highest BCUT2D eigenvalue weighted by atomic mass is 32.1. The molecule has 8 heteroatoms. The number of benzene rings is 2. The van der Waals surface area contributed by atoms with Gasteiger partial charge in [-0.05, 0) is 55.8 Å². The van der Waals surface area contributed by atoms with Crippen LogP contribution in [0.5, 0.6) is 0 Å². The molecule has 1 N–H and O–H groups in total. The fourth-order valence-electron chi connectivity index (χ4n) is 3.98. The summed E-state index contributed by atoms with van der Waals surface area (Å²) in [6.45, 7) is 7.44. The number of morpholine rings is 1. The molecule has 1 saturated heterocycles. The van der Waals surface area contributed by atoms with Crippen molar-refractivity contribution in [2.75, 3.05) is 43.1 Å². The Labute approximate surface area is 214 Å². The summed E-state index contributed by atoms with van der Waals surface area (Å²) in [5.41, 5.74) is 6.04. The zero-order chi connectivity index (χ0) is 24.9. The molecule has 0 spiro atoms. The van der Waals surface area contributed by atoms with Gasteiger partial charge >= 0.3 is 5.97 Å². The third kappa shape index (κ3) is 5.18. The van der Waals surface area contributed by atoms with Crippen LogP contribution in [0.25, 0.3) is 10.2 Å². The first-order valence-corrected chi connectivity index (χ1v) is 12.7. The van der Waals surface area contributed by atoms with Crippen LogP contribution in [0.4, 0.5) is 17.2 Å². The van der Waals surface area contributed by atoms with Gasteiger partial charge in [-0.2, -0.15) is 0 Å². The van der Waals surface area contributed by atoms with E-state index in [9.17, 15) is 4.79 Å². The van der Waals surface area contributed by atoms with E-state index in [2.05, 4.69) is 56.3 Å².